The van der Waals surface area contributed by atoms with E-state index in [4.69, 9.17) is 15.0 Å². The summed E-state index contributed by atoms with van der Waals surface area (Å²) >= 11 is 3.37. The number of hydrogen-bond donors (Lipinski definition) is 1. The first kappa shape index (κ1) is 12.2. The second kappa shape index (κ2) is 5.39. The van der Waals surface area contributed by atoms with Crippen LogP contribution in [0.25, 0.3) is 11.4 Å². The van der Waals surface area contributed by atoms with E-state index >= 15 is 0 Å². The van der Waals surface area contributed by atoms with Crippen molar-refractivity contribution in [1.29, 1.82) is 0 Å². The van der Waals surface area contributed by atoms with Crippen molar-refractivity contribution in [3.05, 3.63) is 34.6 Å². The number of ether oxygens (including phenoxy) is 1. The van der Waals surface area contributed by atoms with Crippen molar-refractivity contribution in [2.24, 2.45) is 5.73 Å². The van der Waals surface area contributed by atoms with Crippen LogP contribution in [0.3, 0.4) is 0 Å². The van der Waals surface area contributed by atoms with Crippen molar-refractivity contribution < 1.29 is 9.26 Å². The molecule has 0 amide bonds. The van der Waals surface area contributed by atoms with E-state index in [1.165, 1.54) is 0 Å². The first-order chi connectivity index (χ1) is 8.20. The van der Waals surface area contributed by atoms with Gasteiger partial charge in [0.1, 0.15) is 6.04 Å². The normalized spacial score (nSPS) is 12.6. The standard InChI is InChI=1S/C11H12BrN3O2/c1-16-6-9(13)11-14-10(15-17-11)7-2-4-8(12)5-3-7/h2-5,9H,6,13H2,1H3. The molecule has 0 fully saturated rings. The molecule has 90 valence electrons. The van der Waals surface area contributed by atoms with Crippen molar-refractivity contribution >= 4 is 15.9 Å². The number of aromatic nitrogens is 2. The smallest absolute Gasteiger partial charge is 0.246 e. The predicted molar refractivity (Wildman–Crippen MR) is 66.2 cm³/mol. The van der Waals surface area contributed by atoms with Gasteiger partial charge in [-0.2, -0.15) is 4.98 Å². The minimum absolute atomic E-state index is 0.349. The Morgan fingerprint density at radius 1 is 1.41 bits per heavy atom. The van der Waals surface area contributed by atoms with Gasteiger partial charge in [-0.05, 0) is 24.3 Å². The molecule has 0 saturated heterocycles. The SMILES string of the molecule is COCC(N)c1nc(-c2ccc(Br)cc2)no1. The van der Waals surface area contributed by atoms with Gasteiger partial charge < -0.3 is 15.0 Å². The Labute approximate surface area is 107 Å². The van der Waals surface area contributed by atoms with E-state index in [-0.39, 0.29) is 0 Å². The number of methoxy groups -OCH3 is 1. The van der Waals surface area contributed by atoms with E-state index in [2.05, 4.69) is 26.1 Å². The first-order valence-electron chi connectivity index (χ1n) is 5.05. The third kappa shape index (κ3) is 2.91. The van der Waals surface area contributed by atoms with Crippen LogP contribution in [0.4, 0.5) is 0 Å². The molecule has 2 rings (SSSR count). The average Bonchev–Trinajstić information content (AvgIpc) is 2.80. The number of nitrogens with two attached hydrogens (primary N) is 1. The molecule has 0 radical (unpaired) electrons. The van der Waals surface area contributed by atoms with Gasteiger partial charge in [-0.25, -0.2) is 0 Å². The number of rotatable bonds is 4. The molecule has 1 unspecified atom stereocenters. The molecule has 0 aliphatic heterocycles. The maximum atomic E-state index is 5.79. The van der Waals surface area contributed by atoms with Crippen molar-refractivity contribution in [1.82, 2.24) is 10.1 Å². The Kier molecular flexibility index (Phi) is 3.88. The van der Waals surface area contributed by atoms with Crippen LogP contribution in [-0.2, 0) is 4.74 Å². The molecular formula is C11H12BrN3O2. The third-order valence-corrected chi connectivity index (χ3v) is 2.74. The Balaban J connectivity index is 2.20. The predicted octanol–water partition coefficient (Wildman–Crippen LogP) is 2.15. The minimum Gasteiger partial charge on any atom is -0.383 e. The van der Waals surface area contributed by atoms with Gasteiger partial charge in [0.25, 0.3) is 0 Å². The summed E-state index contributed by atoms with van der Waals surface area (Å²) in [7, 11) is 1.58. The summed E-state index contributed by atoms with van der Waals surface area (Å²) in [6.45, 7) is 0.349. The van der Waals surface area contributed by atoms with Crippen molar-refractivity contribution in [3.8, 4) is 11.4 Å². The second-order valence-electron chi connectivity index (χ2n) is 3.52. The molecule has 2 aromatic rings. The van der Waals surface area contributed by atoms with Crippen LogP contribution in [0.1, 0.15) is 11.9 Å². The maximum Gasteiger partial charge on any atom is 0.246 e. The number of hydrogen-bond acceptors (Lipinski definition) is 5. The highest BCUT2D eigenvalue weighted by Crippen LogP contribution is 2.20. The van der Waals surface area contributed by atoms with E-state index in [1.54, 1.807) is 7.11 Å². The Morgan fingerprint density at radius 3 is 2.76 bits per heavy atom. The maximum absolute atomic E-state index is 5.79. The monoisotopic (exact) mass is 297 g/mol. The van der Waals surface area contributed by atoms with E-state index in [0.717, 1.165) is 10.0 Å². The molecule has 1 aromatic heterocycles. The second-order valence-corrected chi connectivity index (χ2v) is 4.44. The molecule has 0 bridgehead atoms. The van der Waals surface area contributed by atoms with Crippen LogP contribution in [0.15, 0.2) is 33.3 Å². The third-order valence-electron chi connectivity index (χ3n) is 2.21. The lowest BCUT2D eigenvalue weighted by atomic mass is 10.2. The van der Waals surface area contributed by atoms with Crippen LogP contribution >= 0.6 is 15.9 Å². The average molecular weight is 298 g/mol. The summed E-state index contributed by atoms with van der Waals surface area (Å²) < 4.78 is 11.0. The van der Waals surface area contributed by atoms with E-state index in [9.17, 15) is 0 Å². The summed E-state index contributed by atoms with van der Waals surface area (Å²) in [5.41, 5.74) is 6.67. The van der Waals surface area contributed by atoms with Crippen molar-refractivity contribution in [2.45, 2.75) is 6.04 Å². The van der Waals surface area contributed by atoms with Crippen LogP contribution in [-0.4, -0.2) is 23.9 Å². The molecule has 1 atom stereocenters. The van der Waals surface area contributed by atoms with Crippen molar-refractivity contribution in [2.75, 3.05) is 13.7 Å². The largest absolute Gasteiger partial charge is 0.383 e. The summed E-state index contributed by atoms with van der Waals surface area (Å²) in [5.74, 6) is 0.906. The Morgan fingerprint density at radius 2 is 2.12 bits per heavy atom. The summed E-state index contributed by atoms with van der Waals surface area (Å²) in [6, 6.07) is 7.25. The molecule has 17 heavy (non-hydrogen) atoms. The Hall–Kier alpha value is -1.24. The van der Waals surface area contributed by atoms with Crippen LogP contribution < -0.4 is 5.73 Å². The molecule has 0 saturated carbocycles. The topological polar surface area (TPSA) is 74.2 Å². The van der Waals surface area contributed by atoms with Crippen molar-refractivity contribution in [3.63, 3.8) is 0 Å². The first-order valence-corrected chi connectivity index (χ1v) is 5.84. The lowest BCUT2D eigenvalue weighted by Gasteiger charge is -2.02. The fourth-order valence-electron chi connectivity index (χ4n) is 1.35. The molecule has 5 nitrogen and oxygen atoms in total. The van der Waals surface area contributed by atoms with Gasteiger partial charge in [0.2, 0.25) is 11.7 Å². The van der Waals surface area contributed by atoms with Gasteiger partial charge in [-0.15, -0.1) is 0 Å². The highest BCUT2D eigenvalue weighted by Gasteiger charge is 2.15. The molecule has 0 aliphatic rings. The summed E-state index contributed by atoms with van der Waals surface area (Å²) in [6.07, 6.45) is 0. The van der Waals surface area contributed by atoms with E-state index in [0.29, 0.717) is 18.3 Å². The highest BCUT2D eigenvalue weighted by molar-refractivity contribution is 9.10. The van der Waals surface area contributed by atoms with Gasteiger partial charge >= 0.3 is 0 Å². The summed E-state index contributed by atoms with van der Waals surface area (Å²) in [5, 5.41) is 3.88. The molecule has 1 heterocycles. The van der Waals surface area contributed by atoms with Gasteiger partial charge in [-0.3, -0.25) is 0 Å². The molecule has 1 aromatic carbocycles. The zero-order chi connectivity index (χ0) is 12.3. The fourth-order valence-corrected chi connectivity index (χ4v) is 1.62. The van der Waals surface area contributed by atoms with Crippen LogP contribution in [0.2, 0.25) is 0 Å². The van der Waals surface area contributed by atoms with Gasteiger partial charge in [0.05, 0.1) is 6.61 Å². The zero-order valence-electron chi connectivity index (χ0n) is 9.26. The lowest BCUT2D eigenvalue weighted by molar-refractivity contribution is 0.166. The Bertz CT molecular complexity index is 484. The lowest BCUT2D eigenvalue weighted by Crippen LogP contribution is -2.16. The fraction of sp³-hybridized carbons (Fsp3) is 0.273. The highest BCUT2D eigenvalue weighted by atomic mass is 79.9. The van der Waals surface area contributed by atoms with E-state index in [1.807, 2.05) is 24.3 Å². The van der Waals surface area contributed by atoms with Gasteiger partial charge in [-0.1, -0.05) is 21.1 Å². The number of benzene rings is 1. The summed E-state index contributed by atoms with van der Waals surface area (Å²) in [4.78, 5) is 4.23. The number of halogens is 1. The number of nitrogens with zero attached hydrogens (tertiary/aromatic N) is 2. The minimum atomic E-state index is -0.392. The van der Waals surface area contributed by atoms with Gasteiger partial charge in [0.15, 0.2) is 0 Å². The van der Waals surface area contributed by atoms with Crippen LogP contribution in [0, 0.1) is 0 Å². The molecule has 0 aliphatic carbocycles. The zero-order valence-corrected chi connectivity index (χ0v) is 10.8. The molecule has 6 heteroatoms. The molecule has 2 N–H and O–H groups in total. The molecular weight excluding hydrogens is 286 g/mol. The van der Waals surface area contributed by atoms with E-state index < -0.39 is 6.04 Å². The molecule has 0 spiro atoms. The quantitative estimate of drug-likeness (QED) is 0.936. The van der Waals surface area contributed by atoms with Crippen LogP contribution in [0.5, 0.6) is 0 Å². The van der Waals surface area contributed by atoms with Gasteiger partial charge in [0, 0.05) is 17.1 Å².